The van der Waals surface area contributed by atoms with E-state index in [2.05, 4.69) is 23.8 Å². The van der Waals surface area contributed by atoms with E-state index in [1.165, 1.54) is 0 Å². The van der Waals surface area contributed by atoms with Gasteiger partial charge >= 0.3 is 5.97 Å². The second-order valence-corrected chi connectivity index (χ2v) is 6.30. The zero-order chi connectivity index (χ0) is 15.2. The second kappa shape index (κ2) is 8.08. The van der Waals surface area contributed by atoms with Crippen molar-refractivity contribution < 1.29 is 9.53 Å². The van der Waals surface area contributed by atoms with Gasteiger partial charge in [0.2, 0.25) is 0 Å². The fraction of sp³-hybridized carbons (Fsp3) is 0.933. The first-order valence-corrected chi connectivity index (χ1v) is 8.22. The minimum absolute atomic E-state index is 0.0508. The fourth-order valence-electron chi connectivity index (χ4n) is 3.21. The van der Waals surface area contributed by atoms with E-state index in [9.17, 15) is 4.79 Å². The molecule has 6 nitrogen and oxygen atoms in total. The van der Waals surface area contributed by atoms with Crippen molar-refractivity contribution in [2.45, 2.75) is 44.7 Å². The first-order valence-electron chi connectivity index (χ1n) is 8.22. The summed E-state index contributed by atoms with van der Waals surface area (Å²) < 4.78 is 5.47. The number of carbonyl (C=O) groups is 1. The third-order valence-electron chi connectivity index (χ3n) is 4.61. The van der Waals surface area contributed by atoms with Gasteiger partial charge in [-0.25, -0.2) is 5.01 Å². The highest BCUT2D eigenvalue weighted by Gasteiger charge is 2.37. The van der Waals surface area contributed by atoms with Crippen molar-refractivity contribution in [3.63, 3.8) is 0 Å². The van der Waals surface area contributed by atoms with Gasteiger partial charge in [-0.15, -0.1) is 0 Å². The standard InChI is InChI=1S/C15H30N4O2/c1-3-4-11-21-15(20)14-12-17(2)9-10-19(14)13-5-7-18(16)8-6-13/h13-14H,3-12,16H2,1-2H3. The molecule has 0 bridgehead atoms. The van der Waals surface area contributed by atoms with Gasteiger partial charge in [0.05, 0.1) is 6.61 Å². The van der Waals surface area contributed by atoms with Gasteiger partial charge in [0.25, 0.3) is 0 Å². The zero-order valence-electron chi connectivity index (χ0n) is 13.5. The Bertz CT molecular complexity index is 332. The van der Waals surface area contributed by atoms with Crippen LogP contribution in [0.2, 0.25) is 0 Å². The zero-order valence-corrected chi connectivity index (χ0v) is 13.5. The quantitative estimate of drug-likeness (QED) is 0.447. The van der Waals surface area contributed by atoms with E-state index in [4.69, 9.17) is 10.6 Å². The van der Waals surface area contributed by atoms with Crippen LogP contribution in [0.15, 0.2) is 0 Å². The number of piperidine rings is 1. The monoisotopic (exact) mass is 298 g/mol. The predicted octanol–water partition coefficient (Wildman–Crippen LogP) is 0.284. The van der Waals surface area contributed by atoms with E-state index < -0.39 is 0 Å². The van der Waals surface area contributed by atoms with Crippen molar-refractivity contribution in [2.75, 3.05) is 46.4 Å². The van der Waals surface area contributed by atoms with Crippen LogP contribution >= 0.6 is 0 Å². The van der Waals surface area contributed by atoms with Crippen LogP contribution in [0.5, 0.6) is 0 Å². The van der Waals surface area contributed by atoms with Gasteiger partial charge in [0.15, 0.2) is 0 Å². The molecule has 6 heteroatoms. The van der Waals surface area contributed by atoms with Gasteiger partial charge < -0.3 is 9.64 Å². The molecular weight excluding hydrogens is 268 g/mol. The molecule has 0 aromatic heterocycles. The number of likely N-dealkylation sites (N-methyl/N-ethyl adjacent to an activating group) is 1. The molecule has 0 aromatic rings. The second-order valence-electron chi connectivity index (χ2n) is 6.30. The van der Waals surface area contributed by atoms with Crippen LogP contribution in [0.1, 0.15) is 32.6 Å². The molecule has 0 aliphatic carbocycles. The summed E-state index contributed by atoms with van der Waals surface area (Å²) in [6.07, 6.45) is 4.08. The number of nitrogens with zero attached hydrogens (tertiary/aromatic N) is 3. The number of carbonyl (C=O) groups excluding carboxylic acids is 1. The number of hydrogen-bond acceptors (Lipinski definition) is 6. The summed E-state index contributed by atoms with van der Waals surface area (Å²) in [5, 5.41) is 1.88. The molecule has 2 fully saturated rings. The van der Waals surface area contributed by atoms with Crippen LogP contribution < -0.4 is 5.84 Å². The molecule has 2 N–H and O–H groups in total. The highest BCUT2D eigenvalue weighted by molar-refractivity contribution is 5.76. The third-order valence-corrected chi connectivity index (χ3v) is 4.61. The maximum atomic E-state index is 12.4. The minimum Gasteiger partial charge on any atom is -0.464 e. The number of unbranched alkanes of at least 4 members (excludes halogenated alkanes) is 1. The summed E-state index contributed by atoms with van der Waals surface area (Å²) in [6, 6.07) is 0.345. The van der Waals surface area contributed by atoms with Gasteiger partial charge in [-0.05, 0) is 26.3 Å². The van der Waals surface area contributed by atoms with Gasteiger partial charge in [-0.3, -0.25) is 15.5 Å². The van der Waals surface area contributed by atoms with Crippen LogP contribution in [0.25, 0.3) is 0 Å². The SMILES string of the molecule is CCCCOC(=O)C1CN(C)CCN1C1CCN(N)CC1. The van der Waals surface area contributed by atoms with E-state index in [1.807, 2.05) is 5.01 Å². The van der Waals surface area contributed by atoms with E-state index in [0.29, 0.717) is 12.6 Å². The Morgan fingerprint density at radius 3 is 2.62 bits per heavy atom. The number of hydrazine groups is 1. The summed E-state index contributed by atoms with van der Waals surface area (Å²) in [5.41, 5.74) is 0. The normalized spacial score (nSPS) is 26.9. The lowest BCUT2D eigenvalue weighted by Crippen LogP contribution is -2.60. The molecule has 0 spiro atoms. The average molecular weight is 298 g/mol. The fourth-order valence-corrected chi connectivity index (χ4v) is 3.21. The molecule has 2 aliphatic rings. The predicted molar refractivity (Wildman–Crippen MR) is 82.6 cm³/mol. The number of ether oxygens (including phenoxy) is 1. The summed E-state index contributed by atoms with van der Waals surface area (Å²) in [7, 11) is 2.08. The maximum absolute atomic E-state index is 12.4. The Balaban J connectivity index is 1.94. The van der Waals surface area contributed by atoms with Crippen LogP contribution in [-0.4, -0.2) is 79.2 Å². The van der Waals surface area contributed by atoms with Crippen molar-refractivity contribution >= 4 is 5.97 Å². The summed E-state index contributed by atoms with van der Waals surface area (Å²) in [4.78, 5) is 17.0. The van der Waals surface area contributed by atoms with Gasteiger partial charge in [0, 0.05) is 38.8 Å². The molecule has 2 heterocycles. The summed E-state index contributed by atoms with van der Waals surface area (Å²) >= 11 is 0. The molecule has 1 unspecified atom stereocenters. The lowest BCUT2D eigenvalue weighted by molar-refractivity contribution is -0.154. The van der Waals surface area contributed by atoms with Crippen molar-refractivity contribution in [3.05, 3.63) is 0 Å². The molecule has 2 aliphatic heterocycles. The largest absolute Gasteiger partial charge is 0.464 e. The minimum atomic E-state index is -0.116. The lowest BCUT2D eigenvalue weighted by atomic mass is 10.00. The van der Waals surface area contributed by atoms with Crippen molar-refractivity contribution in [3.8, 4) is 0 Å². The third kappa shape index (κ3) is 4.64. The number of piperazine rings is 1. The van der Waals surface area contributed by atoms with E-state index in [0.717, 1.165) is 58.4 Å². The smallest absolute Gasteiger partial charge is 0.324 e. The first-order chi connectivity index (χ1) is 10.1. The van der Waals surface area contributed by atoms with Gasteiger partial charge in [-0.2, -0.15) is 0 Å². The molecule has 0 radical (unpaired) electrons. The van der Waals surface area contributed by atoms with Crippen molar-refractivity contribution in [2.24, 2.45) is 5.84 Å². The first kappa shape index (κ1) is 16.7. The Kier molecular flexibility index (Phi) is 6.41. The number of rotatable bonds is 5. The summed E-state index contributed by atoms with van der Waals surface area (Å²) in [6.45, 7) is 7.21. The molecule has 2 saturated heterocycles. The maximum Gasteiger partial charge on any atom is 0.324 e. The van der Waals surface area contributed by atoms with E-state index in [-0.39, 0.29) is 12.0 Å². The molecule has 122 valence electrons. The van der Waals surface area contributed by atoms with Crippen molar-refractivity contribution in [1.82, 2.24) is 14.8 Å². The Hall–Kier alpha value is -0.690. The van der Waals surface area contributed by atoms with E-state index in [1.54, 1.807) is 0 Å². The molecule has 0 amide bonds. The molecule has 21 heavy (non-hydrogen) atoms. The van der Waals surface area contributed by atoms with Crippen LogP contribution in [0.3, 0.4) is 0 Å². The van der Waals surface area contributed by atoms with Crippen LogP contribution in [0, 0.1) is 0 Å². The number of nitrogens with two attached hydrogens (primary N) is 1. The number of esters is 1. The van der Waals surface area contributed by atoms with Crippen LogP contribution in [0.4, 0.5) is 0 Å². The molecule has 0 aromatic carbocycles. The Morgan fingerprint density at radius 1 is 1.24 bits per heavy atom. The topological polar surface area (TPSA) is 62.0 Å². The highest BCUT2D eigenvalue weighted by atomic mass is 16.5. The van der Waals surface area contributed by atoms with Crippen LogP contribution in [-0.2, 0) is 9.53 Å². The lowest BCUT2D eigenvalue weighted by Gasteiger charge is -2.45. The molecule has 1 atom stereocenters. The van der Waals surface area contributed by atoms with E-state index >= 15 is 0 Å². The number of hydrogen-bond donors (Lipinski definition) is 1. The average Bonchev–Trinajstić information content (AvgIpc) is 2.48. The summed E-state index contributed by atoms with van der Waals surface area (Å²) in [5.74, 6) is 5.79. The Morgan fingerprint density at radius 2 is 1.95 bits per heavy atom. The molecule has 2 rings (SSSR count). The molecular formula is C15H30N4O2. The van der Waals surface area contributed by atoms with Gasteiger partial charge in [-0.1, -0.05) is 13.3 Å². The van der Waals surface area contributed by atoms with Crippen molar-refractivity contribution in [1.29, 1.82) is 0 Å². The highest BCUT2D eigenvalue weighted by Crippen LogP contribution is 2.21. The van der Waals surface area contributed by atoms with Gasteiger partial charge in [0.1, 0.15) is 6.04 Å². The molecule has 0 saturated carbocycles. The Labute approximate surface area is 128 Å².